The lowest BCUT2D eigenvalue weighted by Crippen LogP contribution is -1.94. The zero-order chi connectivity index (χ0) is 9.26. The summed E-state index contributed by atoms with van der Waals surface area (Å²) in [5.74, 6) is 0. The van der Waals surface area contributed by atoms with E-state index in [0.29, 0.717) is 0 Å². The molecular weight excluding hydrogens is 158 g/mol. The predicted molar refractivity (Wildman–Crippen MR) is 56.7 cm³/mol. The third-order valence-corrected chi connectivity index (χ3v) is 2.27. The number of nitrogens with zero attached hydrogens (tertiary/aromatic N) is 1. The van der Waals surface area contributed by atoms with Crippen molar-refractivity contribution in [2.45, 2.75) is 6.92 Å². The molecule has 0 spiro atoms. The third-order valence-electron chi connectivity index (χ3n) is 2.27. The maximum atomic E-state index is 2.16. The minimum Gasteiger partial charge on any atom is -0.350 e. The Balaban J connectivity index is 2.68. The molecule has 1 heteroatoms. The average molecular weight is 171 g/mol. The lowest BCUT2D eigenvalue weighted by molar-refractivity contribution is 0.915. The van der Waals surface area contributed by atoms with Crippen molar-refractivity contribution in [3.05, 3.63) is 42.1 Å². The molecule has 0 bridgehead atoms. The average Bonchev–Trinajstić information content (AvgIpc) is 2.51. The van der Waals surface area contributed by atoms with E-state index in [1.807, 2.05) is 6.92 Å². The Hall–Kier alpha value is -1.50. The molecule has 0 amide bonds. The number of pyridine rings is 1. The van der Waals surface area contributed by atoms with Gasteiger partial charge in [-0.2, -0.15) is 0 Å². The van der Waals surface area contributed by atoms with Crippen LogP contribution in [0.1, 0.15) is 12.5 Å². The van der Waals surface area contributed by atoms with Gasteiger partial charge in [0, 0.05) is 13.2 Å². The number of hydrogen-bond acceptors (Lipinski definition) is 0. The van der Waals surface area contributed by atoms with Gasteiger partial charge in [-0.15, -0.1) is 0 Å². The van der Waals surface area contributed by atoms with Crippen molar-refractivity contribution in [2.75, 3.05) is 0 Å². The van der Waals surface area contributed by atoms with E-state index in [1.54, 1.807) is 0 Å². The highest BCUT2D eigenvalue weighted by atomic mass is 14.9. The minimum atomic E-state index is 1.29. The summed E-state index contributed by atoms with van der Waals surface area (Å²) < 4.78 is 2.16. The maximum absolute atomic E-state index is 2.16. The van der Waals surface area contributed by atoms with Crippen molar-refractivity contribution in [3.63, 3.8) is 0 Å². The van der Waals surface area contributed by atoms with E-state index in [-0.39, 0.29) is 0 Å². The fourth-order valence-electron chi connectivity index (χ4n) is 1.71. The summed E-state index contributed by atoms with van der Waals surface area (Å²) in [5, 5.41) is 0. The summed E-state index contributed by atoms with van der Waals surface area (Å²) in [4.78, 5) is 0. The molecule has 0 aromatic rings. The van der Waals surface area contributed by atoms with Gasteiger partial charge in [-0.05, 0) is 24.1 Å². The van der Waals surface area contributed by atoms with Gasteiger partial charge in [0.1, 0.15) is 0 Å². The highest BCUT2D eigenvalue weighted by molar-refractivity contribution is 5.75. The van der Waals surface area contributed by atoms with Crippen molar-refractivity contribution in [2.24, 2.45) is 7.05 Å². The molecule has 0 unspecified atom stereocenters. The van der Waals surface area contributed by atoms with Crippen molar-refractivity contribution < 1.29 is 0 Å². The van der Waals surface area contributed by atoms with Crippen LogP contribution in [0.2, 0.25) is 0 Å². The molecule has 0 aromatic heterocycles. The zero-order valence-corrected chi connectivity index (χ0v) is 7.99. The quantitative estimate of drug-likeness (QED) is 0.621. The lowest BCUT2D eigenvalue weighted by atomic mass is 10.1. The first kappa shape index (κ1) is 8.11. The van der Waals surface area contributed by atoms with Gasteiger partial charge in [-0.1, -0.05) is 30.4 Å². The van der Waals surface area contributed by atoms with Crippen LogP contribution in [0.15, 0.2) is 36.5 Å². The van der Waals surface area contributed by atoms with E-state index in [1.165, 1.54) is 16.8 Å². The van der Waals surface area contributed by atoms with Crippen LogP contribution in [0.4, 0.5) is 0 Å². The Labute approximate surface area is 78.7 Å². The van der Waals surface area contributed by atoms with Crippen molar-refractivity contribution >= 4 is 6.08 Å². The summed E-state index contributed by atoms with van der Waals surface area (Å²) in [7, 11) is 2.08. The van der Waals surface area contributed by atoms with Crippen molar-refractivity contribution in [1.29, 1.82) is 0 Å². The minimum absolute atomic E-state index is 1.29. The van der Waals surface area contributed by atoms with E-state index < -0.39 is 0 Å². The molecular formula is C12H13N. The fourth-order valence-corrected chi connectivity index (χ4v) is 1.71. The van der Waals surface area contributed by atoms with Gasteiger partial charge in [0.2, 0.25) is 0 Å². The van der Waals surface area contributed by atoms with Crippen molar-refractivity contribution in [1.82, 2.24) is 4.57 Å². The first-order valence-corrected chi connectivity index (χ1v) is 4.49. The first-order chi connectivity index (χ1) is 6.33. The molecule has 1 aliphatic carbocycles. The fraction of sp³-hybridized carbons (Fsp3) is 0.167. The van der Waals surface area contributed by atoms with Crippen LogP contribution in [-0.2, 0) is 7.05 Å². The Morgan fingerprint density at radius 3 is 2.85 bits per heavy atom. The van der Waals surface area contributed by atoms with Crippen LogP contribution in [0.3, 0.4) is 0 Å². The lowest BCUT2D eigenvalue weighted by Gasteiger charge is -2.07. The highest BCUT2D eigenvalue weighted by Gasteiger charge is 2.07. The third kappa shape index (κ3) is 1.26. The van der Waals surface area contributed by atoms with Gasteiger partial charge in [0.15, 0.2) is 0 Å². The summed E-state index contributed by atoms with van der Waals surface area (Å²) in [6.07, 6.45) is 6.29. The van der Waals surface area contributed by atoms with Gasteiger partial charge in [0.25, 0.3) is 0 Å². The van der Waals surface area contributed by atoms with E-state index in [2.05, 4.69) is 54.2 Å². The second-order valence-corrected chi connectivity index (χ2v) is 3.21. The molecule has 0 saturated carbocycles. The Morgan fingerprint density at radius 2 is 2.08 bits per heavy atom. The van der Waals surface area contributed by atoms with E-state index in [9.17, 15) is 0 Å². The van der Waals surface area contributed by atoms with Gasteiger partial charge < -0.3 is 4.57 Å². The van der Waals surface area contributed by atoms with E-state index >= 15 is 0 Å². The molecule has 2 rings (SSSR count). The smallest absolute Gasteiger partial charge is 0.0550 e. The summed E-state index contributed by atoms with van der Waals surface area (Å²) in [6, 6.07) is 8.53. The second-order valence-electron chi connectivity index (χ2n) is 3.21. The molecule has 1 nitrogen and oxygen atoms in total. The van der Waals surface area contributed by atoms with E-state index in [0.717, 1.165) is 0 Å². The van der Waals surface area contributed by atoms with Crippen molar-refractivity contribution in [3.8, 4) is 11.3 Å². The zero-order valence-electron chi connectivity index (χ0n) is 7.99. The molecule has 13 heavy (non-hydrogen) atoms. The largest absolute Gasteiger partial charge is 0.350 e. The summed E-state index contributed by atoms with van der Waals surface area (Å²) >= 11 is 0. The summed E-state index contributed by atoms with van der Waals surface area (Å²) in [5.41, 5.74) is 3.90. The highest BCUT2D eigenvalue weighted by Crippen LogP contribution is 2.27. The number of fused-ring (bicyclic) bond motifs is 1. The number of rotatable bonds is 1. The second kappa shape index (κ2) is 3.09. The van der Waals surface area contributed by atoms with Crippen LogP contribution >= 0.6 is 0 Å². The molecule has 0 radical (unpaired) electrons. The van der Waals surface area contributed by atoms with Gasteiger partial charge in [-0.3, -0.25) is 0 Å². The van der Waals surface area contributed by atoms with Crippen LogP contribution in [0.5, 0.6) is 0 Å². The Morgan fingerprint density at radius 1 is 1.23 bits per heavy atom. The first-order valence-electron chi connectivity index (χ1n) is 4.49. The van der Waals surface area contributed by atoms with Crippen LogP contribution in [0, 0.1) is 0 Å². The number of allylic oxidation sites excluding steroid dienone is 1. The molecule has 0 atom stereocenters. The van der Waals surface area contributed by atoms with Gasteiger partial charge >= 0.3 is 0 Å². The predicted octanol–water partition coefficient (Wildman–Crippen LogP) is 3.16. The maximum Gasteiger partial charge on any atom is 0.0550 e. The molecule has 0 fully saturated rings. The van der Waals surface area contributed by atoms with Gasteiger partial charge in [0.05, 0.1) is 5.69 Å². The molecule has 1 aliphatic heterocycles. The normalized spacial score (nSPS) is 11.5. The monoisotopic (exact) mass is 171 g/mol. The number of aryl methyl sites for hydroxylation is 1. The van der Waals surface area contributed by atoms with Crippen LogP contribution in [-0.4, -0.2) is 4.57 Å². The van der Waals surface area contributed by atoms with E-state index in [4.69, 9.17) is 0 Å². The molecule has 1 heterocycles. The van der Waals surface area contributed by atoms with Crippen LogP contribution < -0.4 is 0 Å². The Bertz CT molecular complexity index is 409. The molecule has 0 aromatic carbocycles. The van der Waals surface area contributed by atoms with Gasteiger partial charge in [-0.25, -0.2) is 0 Å². The Kier molecular flexibility index (Phi) is 1.93. The molecule has 0 N–H and O–H groups in total. The molecule has 0 saturated heterocycles. The van der Waals surface area contributed by atoms with Crippen LogP contribution in [0.25, 0.3) is 17.3 Å². The number of aromatic nitrogens is 1. The SMILES string of the molecule is CC=Cc1ccc2cccn(C)c1-2. The standard InChI is InChI=1S/C12H13N/c1-3-5-10-7-8-11-6-4-9-13(2)12(10)11/h3-9H,1-2H3. The topological polar surface area (TPSA) is 4.93 Å². The summed E-state index contributed by atoms with van der Waals surface area (Å²) in [6.45, 7) is 2.04. The number of hydrogen-bond donors (Lipinski definition) is 0. The molecule has 2 aliphatic rings. The molecule has 66 valence electrons.